The molecule has 1 atom stereocenters. The number of non-ortho nitro benzene ring substituents is 1. The number of nitrogens with zero attached hydrogens (tertiary/aromatic N) is 1. The van der Waals surface area contributed by atoms with Crippen molar-refractivity contribution in [3.05, 3.63) is 46.5 Å². The van der Waals surface area contributed by atoms with Gasteiger partial charge in [-0.1, -0.05) is 6.08 Å². The molecule has 0 heterocycles. The molecule has 1 aromatic rings. The zero-order valence-electron chi connectivity index (χ0n) is 8.80. The van der Waals surface area contributed by atoms with Crippen LogP contribution in [0.3, 0.4) is 0 Å². The van der Waals surface area contributed by atoms with Gasteiger partial charge in [0.2, 0.25) is 0 Å². The maximum Gasteiger partial charge on any atom is 0.270 e. The van der Waals surface area contributed by atoms with Crippen molar-refractivity contribution in [2.45, 2.75) is 18.9 Å². The maximum absolute atomic E-state index is 10.6. The van der Waals surface area contributed by atoms with E-state index in [0.717, 1.165) is 0 Å². The normalized spacial score (nSPS) is 12.1. The van der Waals surface area contributed by atoms with E-state index in [1.165, 1.54) is 18.2 Å². The average Bonchev–Trinajstić information content (AvgIpc) is 2.26. The summed E-state index contributed by atoms with van der Waals surface area (Å²) in [6.07, 6.45) is 3.01. The number of phenolic OH excluding ortho intramolecular Hbond substituents is 1. The lowest BCUT2D eigenvalue weighted by Crippen LogP contribution is -2.10. The van der Waals surface area contributed by atoms with Crippen molar-refractivity contribution in [2.75, 3.05) is 0 Å². The highest BCUT2D eigenvalue weighted by Crippen LogP contribution is 2.29. The van der Waals surface area contributed by atoms with E-state index in [0.29, 0.717) is 18.4 Å². The molecule has 5 nitrogen and oxygen atoms in total. The Morgan fingerprint density at radius 2 is 2.31 bits per heavy atom. The lowest BCUT2D eigenvalue weighted by atomic mass is 10.0. The van der Waals surface area contributed by atoms with Crippen molar-refractivity contribution in [3.8, 4) is 5.75 Å². The summed E-state index contributed by atoms with van der Waals surface area (Å²) in [5.41, 5.74) is 6.15. The first-order valence-electron chi connectivity index (χ1n) is 4.90. The van der Waals surface area contributed by atoms with Gasteiger partial charge in [0.1, 0.15) is 5.75 Å². The molecule has 0 fully saturated rings. The molecule has 3 N–H and O–H groups in total. The Bertz CT molecular complexity index is 404. The van der Waals surface area contributed by atoms with Crippen LogP contribution in [0.2, 0.25) is 0 Å². The molecule has 16 heavy (non-hydrogen) atoms. The minimum absolute atomic E-state index is 0.0119. The Hall–Kier alpha value is -1.88. The van der Waals surface area contributed by atoms with E-state index < -0.39 is 11.0 Å². The highest BCUT2D eigenvalue weighted by molar-refractivity contribution is 5.44. The van der Waals surface area contributed by atoms with Crippen LogP contribution in [-0.2, 0) is 0 Å². The molecule has 0 radical (unpaired) electrons. The molecule has 1 aromatic carbocycles. The van der Waals surface area contributed by atoms with E-state index in [1.54, 1.807) is 6.08 Å². The molecule has 0 bridgehead atoms. The van der Waals surface area contributed by atoms with Crippen LogP contribution in [-0.4, -0.2) is 10.0 Å². The highest BCUT2D eigenvalue weighted by Gasteiger charge is 2.15. The van der Waals surface area contributed by atoms with Crippen LogP contribution in [0, 0.1) is 10.1 Å². The van der Waals surface area contributed by atoms with E-state index in [1.807, 2.05) is 0 Å². The van der Waals surface area contributed by atoms with E-state index in [9.17, 15) is 15.2 Å². The lowest BCUT2D eigenvalue weighted by Gasteiger charge is -2.12. The fraction of sp³-hybridized carbons (Fsp3) is 0.273. The van der Waals surface area contributed by atoms with Crippen LogP contribution in [0.4, 0.5) is 5.69 Å². The summed E-state index contributed by atoms with van der Waals surface area (Å²) < 4.78 is 0. The van der Waals surface area contributed by atoms with Crippen LogP contribution in [0.25, 0.3) is 0 Å². The second-order valence-electron chi connectivity index (χ2n) is 3.47. The Labute approximate surface area is 93.4 Å². The zero-order valence-corrected chi connectivity index (χ0v) is 8.80. The summed E-state index contributed by atoms with van der Waals surface area (Å²) in [4.78, 5) is 10.1. The van der Waals surface area contributed by atoms with Gasteiger partial charge in [0.15, 0.2) is 0 Å². The predicted octanol–water partition coefficient (Wildman–Crippen LogP) is 2.27. The van der Waals surface area contributed by atoms with Crippen LogP contribution in [0.15, 0.2) is 30.9 Å². The van der Waals surface area contributed by atoms with Crippen LogP contribution < -0.4 is 5.73 Å². The number of nitrogens with two attached hydrogens (primary N) is 1. The fourth-order valence-electron chi connectivity index (χ4n) is 1.41. The first kappa shape index (κ1) is 12.2. The van der Waals surface area contributed by atoms with Crippen molar-refractivity contribution >= 4 is 5.69 Å². The molecule has 0 aliphatic heterocycles. The monoisotopic (exact) mass is 222 g/mol. The SMILES string of the molecule is C=CCC[C@H](N)c1cc([N+](=O)[O-])ccc1O. The van der Waals surface area contributed by atoms with Gasteiger partial charge in [0.25, 0.3) is 5.69 Å². The molecule has 0 aliphatic carbocycles. The van der Waals surface area contributed by atoms with Gasteiger partial charge < -0.3 is 10.8 Å². The minimum atomic E-state index is -0.511. The Kier molecular flexibility index (Phi) is 4.02. The number of hydrogen-bond acceptors (Lipinski definition) is 4. The van der Waals surface area contributed by atoms with Crippen molar-refractivity contribution < 1.29 is 10.0 Å². The summed E-state index contributed by atoms with van der Waals surface area (Å²) in [7, 11) is 0. The molecule has 0 unspecified atom stereocenters. The third kappa shape index (κ3) is 2.80. The van der Waals surface area contributed by atoms with Gasteiger partial charge in [-0.15, -0.1) is 6.58 Å². The maximum atomic E-state index is 10.6. The predicted molar refractivity (Wildman–Crippen MR) is 61.1 cm³/mol. The fourth-order valence-corrected chi connectivity index (χ4v) is 1.41. The second kappa shape index (κ2) is 5.27. The third-order valence-corrected chi connectivity index (χ3v) is 2.30. The van der Waals surface area contributed by atoms with Gasteiger partial charge in [0, 0.05) is 23.7 Å². The first-order chi connectivity index (χ1) is 7.56. The quantitative estimate of drug-likeness (QED) is 0.454. The van der Waals surface area contributed by atoms with Gasteiger partial charge in [-0.3, -0.25) is 10.1 Å². The number of nitro benzene ring substituents is 1. The number of allylic oxidation sites excluding steroid dienone is 1. The van der Waals surface area contributed by atoms with E-state index >= 15 is 0 Å². The summed E-state index contributed by atoms with van der Waals surface area (Å²) in [6.45, 7) is 3.57. The molecule has 0 aliphatic rings. The lowest BCUT2D eigenvalue weighted by molar-refractivity contribution is -0.385. The topological polar surface area (TPSA) is 89.4 Å². The Balaban J connectivity index is 2.96. The van der Waals surface area contributed by atoms with E-state index in [-0.39, 0.29) is 11.4 Å². The molecular weight excluding hydrogens is 208 g/mol. The number of rotatable bonds is 5. The Morgan fingerprint density at radius 1 is 1.62 bits per heavy atom. The second-order valence-corrected chi connectivity index (χ2v) is 3.47. The average molecular weight is 222 g/mol. The molecule has 0 spiro atoms. The van der Waals surface area contributed by atoms with Gasteiger partial charge in [0.05, 0.1) is 4.92 Å². The van der Waals surface area contributed by atoms with Crippen LogP contribution >= 0.6 is 0 Å². The number of phenols is 1. The standard InChI is InChI=1S/C11H14N2O3/c1-2-3-4-10(12)9-7-8(13(15)16)5-6-11(9)14/h2,5-7,10,14H,1,3-4,12H2/t10-/m0/s1. The molecular formula is C11H14N2O3. The minimum Gasteiger partial charge on any atom is -0.508 e. The molecule has 1 rings (SSSR count). The third-order valence-electron chi connectivity index (χ3n) is 2.30. The van der Waals surface area contributed by atoms with Gasteiger partial charge >= 0.3 is 0 Å². The summed E-state index contributed by atoms with van der Waals surface area (Å²) in [5, 5.41) is 20.1. The van der Waals surface area contributed by atoms with Crippen molar-refractivity contribution in [1.82, 2.24) is 0 Å². The van der Waals surface area contributed by atoms with Crippen molar-refractivity contribution in [2.24, 2.45) is 5.73 Å². The molecule has 0 saturated heterocycles. The smallest absolute Gasteiger partial charge is 0.270 e. The first-order valence-corrected chi connectivity index (χ1v) is 4.90. The number of hydrogen-bond donors (Lipinski definition) is 2. The van der Waals surface area contributed by atoms with Crippen molar-refractivity contribution in [1.29, 1.82) is 0 Å². The number of nitro groups is 1. The van der Waals surface area contributed by atoms with E-state index in [4.69, 9.17) is 5.73 Å². The summed E-state index contributed by atoms with van der Waals surface area (Å²) >= 11 is 0. The molecule has 0 aromatic heterocycles. The summed E-state index contributed by atoms with van der Waals surface area (Å²) in [6, 6.07) is 3.43. The van der Waals surface area contributed by atoms with E-state index in [2.05, 4.69) is 6.58 Å². The largest absolute Gasteiger partial charge is 0.508 e. The van der Waals surface area contributed by atoms with Crippen LogP contribution in [0.5, 0.6) is 5.75 Å². The molecule has 86 valence electrons. The molecule has 0 saturated carbocycles. The number of aromatic hydroxyl groups is 1. The number of benzene rings is 1. The van der Waals surface area contributed by atoms with Gasteiger partial charge in [-0.25, -0.2) is 0 Å². The molecule has 0 amide bonds. The highest BCUT2D eigenvalue weighted by atomic mass is 16.6. The molecule has 5 heteroatoms. The summed E-state index contributed by atoms with van der Waals surface area (Å²) in [5.74, 6) is -0.0119. The van der Waals surface area contributed by atoms with Crippen LogP contribution in [0.1, 0.15) is 24.4 Å². The zero-order chi connectivity index (χ0) is 12.1. The Morgan fingerprint density at radius 3 is 2.88 bits per heavy atom. The van der Waals surface area contributed by atoms with Gasteiger partial charge in [-0.2, -0.15) is 0 Å². The van der Waals surface area contributed by atoms with Gasteiger partial charge in [-0.05, 0) is 18.9 Å². The van der Waals surface area contributed by atoms with Crippen molar-refractivity contribution in [3.63, 3.8) is 0 Å².